The van der Waals surface area contributed by atoms with Gasteiger partial charge in [-0.3, -0.25) is 9.69 Å². The first kappa shape index (κ1) is 13.0. The van der Waals surface area contributed by atoms with E-state index in [1.54, 1.807) is 17.5 Å². The lowest BCUT2D eigenvalue weighted by molar-refractivity contribution is -0.120. The van der Waals surface area contributed by atoms with E-state index in [0.29, 0.717) is 5.82 Å². The van der Waals surface area contributed by atoms with Gasteiger partial charge in [0.15, 0.2) is 0 Å². The Balaban J connectivity index is 2.23. The lowest BCUT2D eigenvalue weighted by Crippen LogP contribution is -2.39. The molecule has 0 unspecified atom stereocenters. The number of thiophene rings is 1. The first-order valence-electron chi connectivity index (χ1n) is 5.93. The molecular weight excluding hydrogens is 246 g/mol. The van der Waals surface area contributed by atoms with Crippen molar-refractivity contribution in [3.8, 4) is 0 Å². The smallest absolute Gasteiger partial charge is 0.242 e. The molecule has 0 radical (unpaired) electrons. The number of rotatable bonds is 4. The monoisotopic (exact) mass is 263 g/mol. The van der Waals surface area contributed by atoms with E-state index in [9.17, 15) is 4.79 Å². The molecule has 0 fully saturated rings. The van der Waals surface area contributed by atoms with Crippen LogP contribution in [0.4, 0.5) is 5.82 Å². The number of hydrogen-bond acceptors (Lipinski definition) is 4. The summed E-state index contributed by atoms with van der Waals surface area (Å²) >= 11 is 1.65. The molecule has 1 N–H and O–H groups in total. The molecule has 18 heavy (non-hydrogen) atoms. The Hall–Kier alpha value is -1.46. The van der Waals surface area contributed by atoms with Crippen molar-refractivity contribution >= 4 is 33.1 Å². The van der Waals surface area contributed by atoms with Gasteiger partial charge in [0, 0.05) is 16.3 Å². The predicted octanol–water partition coefficient (Wildman–Crippen LogP) is 2.58. The molecular formula is C13H17N3OS. The number of carbonyl (C=O) groups is 1. The summed E-state index contributed by atoms with van der Waals surface area (Å²) in [6.45, 7) is 2.00. The van der Waals surface area contributed by atoms with Crippen LogP contribution in [0, 0.1) is 0 Å². The Morgan fingerprint density at radius 3 is 2.94 bits per heavy atom. The van der Waals surface area contributed by atoms with Crippen molar-refractivity contribution in [3.05, 3.63) is 23.7 Å². The number of fused-ring (bicyclic) bond motifs is 1. The normalized spacial score (nSPS) is 12.9. The van der Waals surface area contributed by atoms with Gasteiger partial charge in [-0.15, -0.1) is 11.3 Å². The first-order chi connectivity index (χ1) is 8.63. The number of likely N-dealkylation sites (N-methyl/N-ethyl adjacent to an activating group) is 1. The number of hydrogen-bond donors (Lipinski definition) is 1. The van der Waals surface area contributed by atoms with E-state index in [4.69, 9.17) is 0 Å². The number of nitrogens with zero attached hydrogens (tertiary/aromatic N) is 2. The van der Waals surface area contributed by atoms with Gasteiger partial charge >= 0.3 is 0 Å². The number of carbonyl (C=O) groups excluding carboxylic acids is 1. The van der Waals surface area contributed by atoms with Gasteiger partial charge in [-0.2, -0.15) is 0 Å². The zero-order chi connectivity index (χ0) is 13.1. The fraction of sp³-hybridized carbons (Fsp3) is 0.385. The minimum Gasteiger partial charge on any atom is -0.309 e. The Morgan fingerprint density at radius 2 is 2.28 bits per heavy atom. The van der Waals surface area contributed by atoms with Crippen molar-refractivity contribution in [1.82, 2.24) is 9.88 Å². The van der Waals surface area contributed by atoms with E-state index >= 15 is 0 Å². The zero-order valence-electron chi connectivity index (χ0n) is 10.8. The van der Waals surface area contributed by atoms with Crippen LogP contribution in [0.2, 0.25) is 0 Å². The van der Waals surface area contributed by atoms with Gasteiger partial charge in [0.1, 0.15) is 5.82 Å². The number of anilines is 1. The van der Waals surface area contributed by atoms with Gasteiger partial charge < -0.3 is 5.32 Å². The highest BCUT2D eigenvalue weighted by Crippen LogP contribution is 2.25. The van der Waals surface area contributed by atoms with Crippen molar-refractivity contribution < 1.29 is 4.79 Å². The molecule has 0 aromatic carbocycles. The average Bonchev–Trinajstić information content (AvgIpc) is 2.78. The largest absolute Gasteiger partial charge is 0.309 e. The summed E-state index contributed by atoms with van der Waals surface area (Å²) < 4.78 is 1.14. The highest BCUT2D eigenvalue weighted by Gasteiger charge is 2.19. The molecule has 1 amide bonds. The minimum atomic E-state index is -0.124. The number of nitrogens with one attached hydrogen (secondary N) is 1. The molecule has 2 aromatic rings. The van der Waals surface area contributed by atoms with Crippen molar-refractivity contribution in [3.63, 3.8) is 0 Å². The van der Waals surface area contributed by atoms with E-state index in [1.165, 1.54) is 0 Å². The molecule has 0 bridgehead atoms. The highest BCUT2D eigenvalue weighted by atomic mass is 32.1. The Morgan fingerprint density at radius 1 is 1.50 bits per heavy atom. The fourth-order valence-electron chi connectivity index (χ4n) is 1.98. The second-order valence-electron chi connectivity index (χ2n) is 4.37. The Kier molecular flexibility index (Phi) is 3.93. The lowest BCUT2D eigenvalue weighted by atomic mass is 10.2. The molecule has 2 heterocycles. The molecule has 4 nitrogen and oxygen atoms in total. The molecule has 2 aromatic heterocycles. The third-order valence-corrected chi connectivity index (χ3v) is 3.82. The molecule has 0 saturated heterocycles. The van der Waals surface area contributed by atoms with Gasteiger partial charge in [-0.1, -0.05) is 6.92 Å². The Labute approximate surface area is 111 Å². The van der Waals surface area contributed by atoms with Crippen LogP contribution in [0.15, 0.2) is 23.7 Å². The second kappa shape index (κ2) is 5.46. The fourth-order valence-corrected chi connectivity index (χ4v) is 2.76. The maximum Gasteiger partial charge on any atom is 0.242 e. The summed E-state index contributed by atoms with van der Waals surface area (Å²) in [6, 6.07) is 3.82. The molecule has 0 aliphatic heterocycles. The number of pyridine rings is 1. The minimum absolute atomic E-state index is 0.00583. The van der Waals surface area contributed by atoms with Gasteiger partial charge in [-0.05, 0) is 38.0 Å². The maximum absolute atomic E-state index is 12.2. The SMILES string of the molecule is CC[C@@H](C(=O)Nc1nccc2sccc12)N(C)C. The molecule has 1 atom stereocenters. The molecule has 0 aliphatic carbocycles. The maximum atomic E-state index is 12.2. The Bertz CT molecular complexity index is 550. The van der Waals surface area contributed by atoms with Crippen LogP contribution in [-0.2, 0) is 4.79 Å². The number of aromatic nitrogens is 1. The van der Waals surface area contributed by atoms with Crippen molar-refractivity contribution in [1.29, 1.82) is 0 Å². The van der Waals surface area contributed by atoms with Gasteiger partial charge in [0.05, 0.1) is 6.04 Å². The average molecular weight is 263 g/mol. The summed E-state index contributed by atoms with van der Waals surface area (Å²) in [5.41, 5.74) is 0. The summed E-state index contributed by atoms with van der Waals surface area (Å²) in [5.74, 6) is 0.646. The van der Waals surface area contributed by atoms with E-state index in [1.807, 2.05) is 43.4 Å². The van der Waals surface area contributed by atoms with Gasteiger partial charge in [-0.25, -0.2) is 4.98 Å². The lowest BCUT2D eigenvalue weighted by Gasteiger charge is -2.21. The van der Waals surface area contributed by atoms with Crippen LogP contribution >= 0.6 is 11.3 Å². The zero-order valence-corrected chi connectivity index (χ0v) is 11.6. The molecule has 0 aliphatic rings. The summed E-state index contributed by atoms with van der Waals surface area (Å²) in [6.07, 6.45) is 2.50. The molecule has 0 saturated carbocycles. The van der Waals surface area contributed by atoms with Crippen molar-refractivity contribution in [2.24, 2.45) is 0 Å². The van der Waals surface area contributed by atoms with E-state index in [0.717, 1.165) is 16.5 Å². The van der Waals surface area contributed by atoms with Crippen LogP contribution < -0.4 is 5.32 Å². The third-order valence-electron chi connectivity index (χ3n) is 2.93. The molecule has 5 heteroatoms. The number of amides is 1. The van der Waals surface area contributed by atoms with Crippen molar-refractivity contribution in [2.45, 2.75) is 19.4 Å². The van der Waals surface area contributed by atoms with Crippen LogP contribution in [0.25, 0.3) is 10.1 Å². The quantitative estimate of drug-likeness (QED) is 0.922. The molecule has 2 rings (SSSR count). The summed E-state index contributed by atoms with van der Waals surface area (Å²) in [5, 5.41) is 5.93. The van der Waals surface area contributed by atoms with Crippen LogP contribution in [0.1, 0.15) is 13.3 Å². The van der Waals surface area contributed by atoms with Gasteiger partial charge in [0.25, 0.3) is 0 Å². The third kappa shape index (κ3) is 2.52. The highest BCUT2D eigenvalue weighted by molar-refractivity contribution is 7.17. The van der Waals surface area contributed by atoms with E-state index in [-0.39, 0.29) is 11.9 Å². The molecule has 0 spiro atoms. The second-order valence-corrected chi connectivity index (χ2v) is 5.32. The van der Waals surface area contributed by atoms with Crippen LogP contribution in [-0.4, -0.2) is 35.9 Å². The predicted molar refractivity (Wildman–Crippen MR) is 76.0 cm³/mol. The van der Waals surface area contributed by atoms with Crippen molar-refractivity contribution in [2.75, 3.05) is 19.4 Å². The summed E-state index contributed by atoms with van der Waals surface area (Å²) in [7, 11) is 3.82. The van der Waals surface area contributed by atoms with Crippen LogP contribution in [0.3, 0.4) is 0 Å². The van der Waals surface area contributed by atoms with E-state index in [2.05, 4.69) is 10.3 Å². The van der Waals surface area contributed by atoms with E-state index < -0.39 is 0 Å². The van der Waals surface area contributed by atoms with Gasteiger partial charge in [0.2, 0.25) is 5.91 Å². The topological polar surface area (TPSA) is 45.2 Å². The van der Waals surface area contributed by atoms with Crippen LogP contribution in [0.5, 0.6) is 0 Å². The summed E-state index contributed by atoms with van der Waals surface area (Å²) in [4.78, 5) is 18.3. The standard InChI is InChI=1S/C13H17N3OS/c1-4-10(16(2)3)13(17)15-12-9-6-8-18-11(9)5-7-14-12/h5-8,10H,4H2,1-3H3,(H,14,15,17)/t10-/m0/s1. The first-order valence-corrected chi connectivity index (χ1v) is 6.81. The molecule has 96 valence electrons.